The first-order chi connectivity index (χ1) is 15.1. The molecule has 2 aliphatic rings. The molecule has 160 valence electrons. The summed E-state index contributed by atoms with van der Waals surface area (Å²) < 4.78 is 7.17. The number of carbonyl (C=O) groups is 1. The van der Waals surface area contributed by atoms with Gasteiger partial charge in [0.15, 0.2) is 0 Å². The first kappa shape index (κ1) is 19.8. The number of hydrogen-bond acceptors (Lipinski definition) is 5. The van der Waals surface area contributed by atoms with Crippen LogP contribution in [-0.2, 0) is 5.60 Å². The minimum absolute atomic E-state index is 0.0118. The monoisotopic (exact) mass is 418 g/mol. The van der Waals surface area contributed by atoms with Gasteiger partial charge in [-0.15, -0.1) is 10.2 Å². The Morgan fingerprint density at radius 2 is 1.90 bits per heavy atom. The molecule has 2 aromatic carbocycles. The summed E-state index contributed by atoms with van der Waals surface area (Å²) in [7, 11) is 1.64. The van der Waals surface area contributed by atoms with Crippen LogP contribution < -0.4 is 4.74 Å². The van der Waals surface area contributed by atoms with E-state index in [0.29, 0.717) is 31.0 Å². The average Bonchev–Trinajstić information content (AvgIpc) is 3.50. The lowest BCUT2D eigenvalue weighted by molar-refractivity contribution is -0.0645. The Balaban J connectivity index is 1.36. The first-order valence-corrected chi connectivity index (χ1v) is 10.7. The molecule has 0 bridgehead atoms. The van der Waals surface area contributed by atoms with Crippen LogP contribution in [0.4, 0.5) is 0 Å². The maximum absolute atomic E-state index is 13.2. The molecule has 1 aliphatic heterocycles. The van der Waals surface area contributed by atoms with Crippen molar-refractivity contribution in [3.63, 3.8) is 0 Å². The Morgan fingerprint density at radius 1 is 1.13 bits per heavy atom. The molecule has 5 rings (SSSR count). The zero-order valence-corrected chi connectivity index (χ0v) is 17.5. The highest BCUT2D eigenvalue weighted by Crippen LogP contribution is 2.48. The van der Waals surface area contributed by atoms with Crippen molar-refractivity contribution in [1.29, 1.82) is 0 Å². The van der Waals surface area contributed by atoms with Crippen LogP contribution in [0.5, 0.6) is 5.75 Å². The standard InChI is InChI=1S/C24H26N4O3/c1-31-21-6-2-5-19(12-21)24(30)11-3-4-18-13-27(14-22(18)24)23(29)17-7-9-20(10-8-17)28-15-25-26-16-28/h2,5-10,12,15-16,18,22,30H,3-4,11,13-14H2,1H3. The minimum atomic E-state index is -0.940. The van der Waals surface area contributed by atoms with E-state index in [0.717, 1.165) is 29.8 Å². The van der Waals surface area contributed by atoms with Gasteiger partial charge in [0.2, 0.25) is 0 Å². The molecular weight excluding hydrogens is 392 g/mol. The van der Waals surface area contributed by atoms with Crippen molar-refractivity contribution in [3.05, 3.63) is 72.3 Å². The molecule has 2 heterocycles. The second-order valence-electron chi connectivity index (χ2n) is 8.54. The molecule has 31 heavy (non-hydrogen) atoms. The molecule has 1 aromatic heterocycles. The Hall–Kier alpha value is -3.19. The van der Waals surface area contributed by atoms with Gasteiger partial charge in [-0.1, -0.05) is 12.1 Å². The van der Waals surface area contributed by atoms with Gasteiger partial charge in [-0.25, -0.2) is 0 Å². The number of aromatic nitrogens is 3. The number of ether oxygens (including phenoxy) is 1. The van der Waals surface area contributed by atoms with Crippen molar-refractivity contribution in [1.82, 2.24) is 19.7 Å². The van der Waals surface area contributed by atoms with E-state index in [1.165, 1.54) is 0 Å². The third-order valence-electron chi connectivity index (χ3n) is 6.88. The summed E-state index contributed by atoms with van der Waals surface area (Å²) in [5.41, 5.74) is 1.50. The van der Waals surface area contributed by atoms with Crippen LogP contribution >= 0.6 is 0 Å². The van der Waals surface area contributed by atoms with Gasteiger partial charge in [-0.3, -0.25) is 9.36 Å². The van der Waals surface area contributed by atoms with Crippen molar-refractivity contribution in [2.45, 2.75) is 24.9 Å². The van der Waals surface area contributed by atoms with Gasteiger partial charge in [-0.2, -0.15) is 0 Å². The number of carbonyl (C=O) groups excluding carboxylic acids is 1. The van der Waals surface area contributed by atoms with E-state index in [1.807, 2.05) is 53.4 Å². The third-order valence-corrected chi connectivity index (χ3v) is 6.88. The van der Waals surface area contributed by atoms with Crippen molar-refractivity contribution in [2.75, 3.05) is 20.2 Å². The molecule has 0 radical (unpaired) electrons. The molecule has 0 spiro atoms. The molecule has 3 aromatic rings. The number of benzene rings is 2. The summed E-state index contributed by atoms with van der Waals surface area (Å²) in [6.45, 7) is 1.24. The Labute approximate surface area is 181 Å². The zero-order valence-electron chi connectivity index (χ0n) is 17.5. The van der Waals surface area contributed by atoms with Gasteiger partial charge in [-0.05, 0) is 67.1 Å². The van der Waals surface area contributed by atoms with E-state index in [9.17, 15) is 9.90 Å². The summed E-state index contributed by atoms with van der Waals surface area (Å²) in [6, 6.07) is 15.2. The van der Waals surface area contributed by atoms with Crippen LogP contribution in [0.25, 0.3) is 5.69 Å². The van der Waals surface area contributed by atoms with E-state index < -0.39 is 5.60 Å². The fourth-order valence-corrected chi connectivity index (χ4v) is 5.23. The number of aliphatic hydroxyl groups is 1. The molecule has 1 aliphatic carbocycles. The smallest absolute Gasteiger partial charge is 0.253 e. The number of amides is 1. The van der Waals surface area contributed by atoms with Gasteiger partial charge in [0, 0.05) is 30.3 Å². The lowest BCUT2D eigenvalue weighted by Gasteiger charge is -2.41. The second-order valence-corrected chi connectivity index (χ2v) is 8.54. The van der Waals surface area contributed by atoms with Crippen LogP contribution in [-0.4, -0.2) is 50.9 Å². The zero-order chi connectivity index (χ0) is 21.4. The summed E-state index contributed by atoms with van der Waals surface area (Å²) in [5, 5.41) is 19.4. The van der Waals surface area contributed by atoms with Crippen LogP contribution in [0.15, 0.2) is 61.2 Å². The summed E-state index contributed by atoms with van der Waals surface area (Å²) in [4.78, 5) is 15.1. The highest BCUT2D eigenvalue weighted by Gasteiger charge is 2.50. The second kappa shape index (κ2) is 7.81. The van der Waals surface area contributed by atoms with Gasteiger partial charge in [0.1, 0.15) is 18.4 Å². The van der Waals surface area contributed by atoms with Crippen LogP contribution in [0.3, 0.4) is 0 Å². The van der Waals surface area contributed by atoms with E-state index >= 15 is 0 Å². The number of nitrogens with zero attached hydrogens (tertiary/aromatic N) is 4. The fraction of sp³-hybridized carbons (Fsp3) is 0.375. The average molecular weight is 418 g/mol. The van der Waals surface area contributed by atoms with Crippen molar-refractivity contribution >= 4 is 5.91 Å². The predicted octanol–water partition coefficient (Wildman–Crippen LogP) is 3.04. The molecule has 1 saturated heterocycles. The molecular formula is C24H26N4O3. The summed E-state index contributed by atoms with van der Waals surface area (Å²) >= 11 is 0. The van der Waals surface area contributed by atoms with E-state index in [4.69, 9.17) is 4.74 Å². The summed E-state index contributed by atoms with van der Waals surface area (Å²) in [6.07, 6.45) is 5.94. The molecule has 1 saturated carbocycles. The highest BCUT2D eigenvalue weighted by molar-refractivity contribution is 5.94. The number of likely N-dealkylation sites (tertiary alicyclic amines) is 1. The molecule has 3 atom stereocenters. The Kier molecular flexibility index (Phi) is 4.98. The normalized spacial score (nSPS) is 25.3. The van der Waals surface area contributed by atoms with Crippen LogP contribution in [0.2, 0.25) is 0 Å². The Morgan fingerprint density at radius 3 is 2.65 bits per heavy atom. The Bertz CT molecular complexity index is 1070. The lowest BCUT2D eigenvalue weighted by Crippen LogP contribution is -2.43. The number of fused-ring (bicyclic) bond motifs is 1. The molecule has 7 heteroatoms. The minimum Gasteiger partial charge on any atom is -0.497 e. The maximum atomic E-state index is 13.2. The van der Waals surface area contributed by atoms with Crippen molar-refractivity contribution < 1.29 is 14.6 Å². The van der Waals surface area contributed by atoms with Crippen LogP contribution in [0.1, 0.15) is 35.2 Å². The fourth-order valence-electron chi connectivity index (χ4n) is 5.23. The van der Waals surface area contributed by atoms with E-state index in [2.05, 4.69) is 10.2 Å². The van der Waals surface area contributed by atoms with Crippen molar-refractivity contribution in [3.8, 4) is 11.4 Å². The molecule has 1 N–H and O–H groups in total. The third kappa shape index (κ3) is 3.49. The molecule has 3 unspecified atom stereocenters. The van der Waals surface area contributed by atoms with E-state index in [1.54, 1.807) is 24.3 Å². The molecule has 2 fully saturated rings. The topological polar surface area (TPSA) is 80.5 Å². The lowest BCUT2D eigenvalue weighted by atomic mass is 9.67. The number of methoxy groups -OCH3 is 1. The SMILES string of the molecule is COc1cccc(C2(O)CCCC3CN(C(=O)c4ccc(-n5cnnc5)cc4)CC32)c1. The quantitative estimate of drug-likeness (QED) is 0.704. The first-order valence-electron chi connectivity index (χ1n) is 10.7. The largest absolute Gasteiger partial charge is 0.497 e. The predicted molar refractivity (Wildman–Crippen MR) is 115 cm³/mol. The van der Waals surface area contributed by atoms with E-state index in [-0.39, 0.29) is 11.8 Å². The number of hydrogen-bond donors (Lipinski definition) is 1. The van der Waals surface area contributed by atoms with Crippen LogP contribution in [0, 0.1) is 11.8 Å². The van der Waals surface area contributed by atoms with Gasteiger partial charge in [0.25, 0.3) is 5.91 Å². The highest BCUT2D eigenvalue weighted by atomic mass is 16.5. The van der Waals surface area contributed by atoms with Crippen molar-refractivity contribution in [2.24, 2.45) is 11.8 Å². The maximum Gasteiger partial charge on any atom is 0.253 e. The van der Waals surface area contributed by atoms with Gasteiger partial charge >= 0.3 is 0 Å². The van der Waals surface area contributed by atoms with Gasteiger partial charge in [0.05, 0.1) is 12.7 Å². The molecule has 7 nitrogen and oxygen atoms in total. The van der Waals surface area contributed by atoms with Gasteiger partial charge < -0.3 is 14.7 Å². The molecule has 1 amide bonds. The summed E-state index contributed by atoms with van der Waals surface area (Å²) in [5.74, 6) is 1.07. The number of rotatable bonds is 4.